The smallest absolute Gasteiger partial charge is 0.255 e. The van der Waals surface area contributed by atoms with Crippen LogP contribution in [0, 0.1) is 5.92 Å². The van der Waals surface area contributed by atoms with Crippen molar-refractivity contribution in [1.82, 2.24) is 24.5 Å². The summed E-state index contributed by atoms with van der Waals surface area (Å²) >= 11 is 0. The summed E-state index contributed by atoms with van der Waals surface area (Å²) in [6, 6.07) is 20.1. The summed E-state index contributed by atoms with van der Waals surface area (Å²) in [5.74, 6) is 2.03. The molecule has 6 nitrogen and oxygen atoms in total. The van der Waals surface area contributed by atoms with Crippen molar-refractivity contribution in [1.29, 1.82) is 0 Å². The fourth-order valence-electron chi connectivity index (χ4n) is 4.17. The van der Waals surface area contributed by atoms with Crippen molar-refractivity contribution in [3.05, 3.63) is 84.2 Å². The van der Waals surface area contributed by atoms with Gasteiger partial charge in [-0.2, -0.15) is 0 Å². The van der Waals surface area contributed by atoms with E-state index in [9.17, 15) is 4.79 Å². The fourth-order valence-corrected chi connectivity index (χ4v) is 4.17. The number of amides is 1. The number of aromatic nitrogens is 4. The molecule has 0 atom stereocenters. The third-order valence-electron chi connectivity index (χ3n) is 5.85. The second kappa shape index (κ2) is 8.06. The third kappa shape index (κ3) is 3.68. The van der Waals surface area contributed by atoms with E-state index in [4.69, 9.17) is 0 Å². The van der Waals surface area contributed by atoms with Crippen LogP contribution in [0.1, 0.15) is 28.8 Å². The molecule has 0 saturated carbocycles. The van der Waals surface area contributed by atoms with Crippen molar-refractivity contribution in [3.63, 3.8) is 0 Å². The molecule has 1 fully saturated rings. The Bertz CT molecular complexity index is 1150. The van der Waals surface area contributed by atoms with Crippen LogP contribution in [0.15, 0.2) is 73.1 Å². The molecule has 2 aromatic carbocycles. The summed E-state index contributed by atoms with van der Waals surface area (Å²) in [7, 11) is 0. The van der Waals surface area contributed by atoms with Crippen LogP contribution in [0.5, 0.6) is 0 Å². The van der Waals surface area contributed by atoms with E-state index in [1.807, 2.05) is 45.8 Å². The van der Waals surface area contributed by atoms with Crippen LogP contribution in [-0.4, -0.2) is 43.5 Å². The Morgan fingerprint density at radius 1 is 0.933 bits per heavy atom. The van der Waals surface area contributed by atoms with Crippen LogP contribution in [-0.2, 0) is 6.42 Å². The van der Waals surface area contributed by atoms with Crippen LogP contribution in [0.25, 0.3) is 17.2 Å². The minimum atomic E-state index is 0.104. The highest BCUT2D eigenvalue weighted by molar-refractivity contribution is 5.94. The number of carbonyl (C=O) groups is 1. The Hall–Kier alpha value is -3.54. The largest absolute Gasteiger partial charge is 0.339 e. The molecule has 1 saturated heterocycles. The molecular formula is C24H23N5O. The highest BCUT2D eigenvalue weighted by Gasteiger charge is 2.24. The van der Waals surface area contributed by atoms with Crippen LogP contribution >= 0.6 is 0 Å². The highest BCUT2D eigenvalue weighted by atomic mass is 16.2. The number of rotatable bonds is 4. The van der Waals surface area contributed by atoms with Gasteiger partial charge in [0.05, 0.1) is 0 Å². The predicted molar refractivity (Wildman–Crippen MR) is 115 cm³/mol. The van der Waals surface area contributed by atoms with Crippen molar-refractivity contribution in [2.75, 3.05) is 13.1 Å². The second-order valence-corrected chi connectivity index (χ2v) is 7.82. The lowest BCUT2D eigenvalue weighted by atomic mass is 9.90. The van der Waals surface area contributed by atoms with E-state index in [2.05, 4.69) is 45.5 Å². The van der Waals surface area contributed by atoms with E-state index in [1.165, 1.54) is 5.56 Å². The molecule has 1 amide bonds. The number of hydrogen-bond acceptors (Lipinski definition) is 4. The number of hydrogen-bond donors (Lipinski definition) is 0. The lowest BCUT2D eigenvalue weighted by molar-refractivity contribution is 0.0690. The maximum absolute atomic E-state index is 13.0. The average molecular weight is 397 g/mol. The molecule has 1 aliphatic heterocycles. The number of fused-ring (bicyclic) bond motifs is 1. The zero-order valence-corrected chi connectivity index (χ0v) is 16.7. The van der Waals surface area contributed by atoms with Gasteiger partial charge < -0.3 is 4.90 Å². The maximum Gasteiger partial charge on any atom is 0.255 e. The highest BCUT2D eigenvalue weighted by Crippen LogP contribution is 2.24. The fraction of sp³-hybridized carbons (Fsp3) is 0.250. The van der Waals surface area contributed by atoms with Crippen molar-refractivity contribution < 1.29 is 4.79 Å². The average Bonchev–Trinajstić information content (AvgIpc) is 3.24. The first kappa shape index (κ1) is 18.5. The zero-order chi connectivity index (χ0) is 20.3. The summed E-state index contributed by atoms with van der Waals surface area (Å²) in [6.07, 6.45) is 6.78. The Morgan fingerprint density at radius 3 is 2.47 bits per heavy atom. The van der Waals surface area contributed by atoms with Crippen molar-refractivity contribution in [2.45, 2.75) is 19.3 Å². The molecule has 4 aromatic rings. The van der Waals surface area contributed by atoms with Gasteiger partial charge in [-0.3, -0.25) is 9.20 Å². The van der Waals surface area contributed by atoms with E-state index in [1.54, 1.807) is 6.20 Å². The molecule has 0 unspecified atom stereocenters. The SMILES string of the molecule is O=C(c1ccc(-c2nnc3ncccn23)cc1)N1CCC(Cc2ccccc2)CC1. The first-order valence-corrected chi connectivity index (χ1v) is 10.4. The summed E-state index contributed by atoms with van der Waals surface area (Å²) in [5, 5.41) is 8.32. The molecule has 1 aliphatic rings. The van der Waals surface area contributed by atoms with Gasteiger partial charge in [0.15, 0.2) is 5.82 Å². The molecule has 150 valence electrons. The summed E-state index contributed by atoms with van der Waals surface area (Å²) in [4.78, 5) is 19.1. The first-order chi connectivity index (χ1) is 14.8. The lowest BCUT2D eigenvalue weighted by Gasteiger charge is -2.32. The molecule has 0 N–H and O–H groups in total. The van der Waals surface area contributed by atoms with E-state index in [0.29, 0.717) is 17.3 Å². The summed E-state index contributed by atoms with van der Waals surface area (Å²) in [5.41, 5.74) is 3.01. The van der Waals surface area contributed by atoms with Gasteiger partial charge in [-0.1, -0.05) is 42.5 Å². The number of likely N-dealkylation sites (tertiary alicyclic amines) is 1. The number of carbonyl (C=O) groups excluding carboxylic acids is 1. The lowest BCUT2D eigenvalue weighted by Crippen LogP contribution is -2.38. The molecule has 2 aromatic heterocycles. The summed E-state index contributed by atoms with van der Waals surface area (Å²) < 4.78 is 1.84. The van der Waals surface area contributed by atoms with Crippen molar-refractivity contribution >= 4 is 11.7 Å². The monoisotopic (exact) mass is 397 g/mol. The maximum atomic E-state index is 13.0. The molecule has 0 spiro atoms. The van der Waals surface area contributed by atoms with Gasteiger partial charge in [0.25, 0.3) is 11.7 Å². The van der Waals surface area contributed by atoms with E-state index in [0.717, 1.165) is 43.7 Å². The van der Waals surface area contributed by atoms with Gasteiger partial charge in [-0.15, -0.1) is 10.2 Å². The normalized spacial score (nSPS) is 14.9. The standard InChI is InChI=1S/C24H23N5O/c30-23(28-15-11-19(12-16-28)17-18-5-2-1-3-6-18)21-9-7-20(8-10-21)22-26-27-24-25-13-4-14-29(22)24/h1-10,13-14,19H,11-12,15-17H2. The number of nitrogens with zero attached hydrogens (tertiary/aromatic N) is 5. The van der Waals surface area contributed by atoms with Crippen LogP contribution in [0.2, 0.25) is 0 Å². The predicted octanol–water partition coefficient (Wildman–Crippen LogP) is 3.89. The van der Waals surface area contributed by atoms with Gasteiger partial charge >= 0.3 is 0 Å². The molecule has 0 aliphatic carbocycles. The van der Waals surface area contributed by atoms with Crippen molar-refractivity contribution in [3.8, 4) is 11.4 Å². The van der Waals surface area contributed by atoms with Crippen LogP contribution in [0.3, 0.4) is 0 Å². The topological polar surface area (TPSA) is 63.4 Å². The van der Waals surface area contributed by atoms with Crippen molar-refractivity contribution in [2.24, 2.45) is 5.92 Å². The minimum Gasteiger partial charge on any atom is -0.339 e. The molecule has 3 heterocycles. The molecule has 30 heavy (non-hydrogen) atoms. The molecule has 5 rings (SSSR count). The quantitative estimate of drug-likeness (QED) is 0.524. The van der Waals surface area contributed by atoms with Gasteiger partial charge in [0.1, 0.15) is 0 Å². The van der Waals surface area contributed by atoms with Gasteiger partial charge in [0, 0.05) is 36.6 Å². The van der Waals surface area contributed by atoms with E-state index in [-0.39, 0.29) is 5.91 Å². The molecule has 6 heteroatoms. The summed E-state index contributed by atoms with van der Waals surface area (Å²) in [6.45, 7) is 1.64. The van der Waals surface area contributed by atoms with Gasteiger partial charge in [-0.05, 0) is 48.9 Å². The minimum absolute atomic E-state index is 0.104. The third-order valence-corrected chi connectivity index (χ3v) is 5.85. The van der Waals surface area contributed by atoms with Crippen LogP contribution < -0.4 is 0 Å². The Labute approximate surface area is 175 Å². The molecule has 0 bridgehead atoms. The second-order valence-electron chi connectivity index (χ2n) is 7.82. The van der Waals surface area contributed by atoms with Gasteiger partial charge in [-0.25, -0.2) is 4.98 Å². The number of piperidine rings is 1. The number of benzene rings is 2. The van der Waals surface area contributed by atoms with Crippen LogP contribution in [0.4, 0.5) is 0 Å². The Kier molecular flexibility index (Phi) is 4.97. The Balaban J connectivity index is 1.24. The molecular weight excluding hydrogens is 374 g/mol. The van der Waals surface area contributed by atoms with Gasteiger partial charge in [0.2, 0.25) is 0 Å². The Morgan fingerprint density at radius 2 is 1.70 bits per heavy atom. The first-order valence-electron chi connectivity index (χ1n) is 10.4. The zero-order valence-electron chi connectivity index (χ0n) is 16.7. The van der Waals surface area contributed by atoms with E-state index >= 15 is 0 Å². The van der Waals surface area contributed by atoms with E-state index < -0.39 is 0 Å². The molecule has 0 radical (unpaired) electrons.